The van der Waals surface area contributed by atoms with E-state index in [9.17, 15) is 13.2 Å². The van der Waals surface area contributed by atoms with Gasteiger partial charge in [-0.25, -0.2) is 23.2 Å². The van der Waals surface area contributed by atoms with Gasteiger partial charge in [0.2, 0.25) is 10.0 Å². The summed E-state index contributed by atoms with van der Waals surface area (Å²) in [5.74, 6) is 0.221. The van der Waals surface area contributed by atoms with Crippen molar-refractivity contribution in [1.82, 2.24) is 14.3 Å². The second-order valence-electron chi connectivity index (χ2n) is 8.22. The molecule has 0 aliphatic carbocycles. The summed E-state index contributed by atoms with van der Waals surface area (Å²) in [6.07, 6.45) is 0. The molecular weight excluding hydrogens is 440 g/mol. The average molecular weight is 469 g/mol. The molecular formula is C24H28N4O4S. The second-order valence-corrected chi connectivity index (χ2v) is 10.2. The number of aromatic nitrogens is 2. The smallest absolute Gasteiger partial charge is 0.360 e. The molecule has 8 nitrogen and oxygen atoms in total. The van der Waals surface area contributed by atoms with Crippen molar-refractivity contribution in [3.05, 3.63) is 59.8 Å². The summed E-state index contributed by atoms with van der Waals surface area (Å²) < 4.78 is 33.0. The van der Waals surface area contributed by atoms with Gasteiger partial charge in [0.05, 0.1) is 22.5 Å². The Bertz CT molecular complexity index is 1250. The molecule has 0 spiro atoms. The normalized spacial score (nSPS) is 15.2. The van der Waals surface area contributed by atoms with E-state index >= 15 is 0 Å². The Morgan fingerprint density at radius 1 is 0.970 bits per heavy atom. The molecule has 2 aromatic carbocycles. The number of esters is 1. The van der Waals surface area contributed by atoms with Gasteiger partial charge in [-0.3, -0.25) is 0 Å². The largest absolute Gasteiger partial charge is 0.461 e. The Morgan fingerprint density at radius 3 is 2.15 bits per heavy atom. The highest BCUT2D eigenvalue weighted by molar-refractivity contribution is 7.89. The minimum absolute atomic E-state index is 0.149. The predicted molar refractivity (Wildman–Crippen MR) is 127 cm³/mol. The molecule has 0 bridgehead atoms. The fourth-order valence-electron chi connectivity index (χ4n) is 3.86. The van der Waals surface area contributed by atoms with Crippen molar-refractivity contribution < 1.29 is 17.9 Å². The van der Waals surface area contributed by atoms with Crippen LogP contribution in [0.5, 0.6) is 0 Å². The van der Waals surface area contributed by atoms with E-state index in [1.165, 1.54) is 4.31 Å². The molecule has 1 saturated heterocycles. The zero-order valence-electron chi connectivity index (χ0n) is 19.1. The molecule has 0 radical (unpaired) electrons. The summed E-state index contributed by atoms with van der Waals surface area (Å²) in [6, 6.07) is 14.4. The summed E-state index contributed by atoms with van der Waals surface area (Å²) in [4.78, 5) is 23.9. The van der Waals surface area contributed by atoms with Crippen LogP contribution in [0.2, 0.25) is 0 Å². The van der Waals surface area contributed by atoms with Gasteiger partial charge in [-0.05, 0) is 42.7 Å². The molecule has 4 rings (SSSR count). The predicted octanol–water partition coefficient (Wildman–Crippen LogP) is 3.44. The topological polar surface area (TPSA) is 92.7 Å². The number of sulfonamides is 1. The number of hydrogen-bond acceptors (Lipinski definition) is 7. The van der Waals surface area contributed by atoms with Crippen molar-refractivity contribution in [2.24, 2.45) is 0 Å². The molecule has 3 aromatic rings. The van der Waals surface area contributed by atoms with Crippen molar-refractivity contribution >= 4 is 32.8 Å². The van der Waals surface area contributed by atoms with Crippen LogP contribution < -0.4 is 4.90 Å². The first kappa shape index (κ1) is 23.1. The second kappa shape index (κ2) is 9.44. The Morgan fingerprint density at radius 2 is 1.58 bits per heavy atom. The monoisotopic (exact) mass is 468 g/mol. The molecule has 174 valence electrons. The Hall–Kier alpha value is -3.04. The summed E-state index contributed by atoms with van der Waals surface area (Å²) in [5.41, 5.74) is 2.52. The number of benzene rings is 2. The highest BCUT2D eigenvalue weighted by Gasteiger charge is 2.31. The molecule has 0 atom stereocenters. The number of rotatable bonds is 6. The van der Waals surface area contributed by atoms with Gasteiger partial charge in [-0.15, -0.1) is 0 Å². The summed E-state index contributed by atoms with van der Waals surface area (Å²) >= 11 is 0. The first-order chi connectivity index (χ1) is 15.8. The van der Waals surface area contributed by atoms with Crippen LogP contribution in [0.1, 0.15) is 42.7 Å². The van der Waals surface area contributed by atoms with E-state index in [0.29, 0.717) is 35.9 Å². The molecule has 0 amide bonds. The minimum Gasteiger partial charge on any atom is -0.461 e. The molecule has 0 unspecified atom stereocenters. The number of carbonyl (C=O) groups is 1. The van der Waals surface area contributed by atoms with Gasteiger partial charge >= 0.3 is 5.97 Å². The van der Waals surface area contributed by atoms with Crippen molar-refractivity contribution in [3.63, 3.8) is 0 Å². The minimum atomic E-state index is -3.60. The number of piperazine rings is 1. The van der Waals surface area contributed by atoms with Crippen molar-refractivity contribution in [3.8, 4) is 0 Å². The van der Waals surface area contributed by atoms with E-state index in [0.717, 1.165) is 5.56 Å². The summed E-state index contributed by atoms with van der Waals surface area (Å²) in [7, 11) is -3.60. The van der Waals surface area contributed by atoms with Crippen LogP contribution in [-0.2, 0) is 14.8 Å². The van der Waals surface area contributed by atoms with Gasteiger partial charge in [0.1, 0.15) is 0 Å². The maximum Gasteiger partial charge on any atom is 0.360 e. The maximum atomic E-state index is 13.2. The highest BCUT2D eigenvalue weighted by atomic mass is 32.2. The van der Waals surface area contributed by atoms with Gasteiger partial charge in [0.15, 0.2) is 11.5 Å². The molecule has 0 N–H and O–H groups in total. The van der Waals surface area contributed by atoms with E-state index in [-0.39, 0.29) is 30.3 Å². The van der Waals surface area contributed by atoms with Gasteiger partial charge in [-0.2, -0.15) is 4.31 Å². The third-order valence-electron chi connectivity index (χ3n) is 5.74. The average Bonchev–Trinajstić information content (AvgIpc) is 2.83. The zero-order chi connectivity index (χ0) is 23.6. The molecule has 1 fully saturated rings. The number of nitrogens with zero attached hydrogens (tertiary/aromatic N) is 4. The fraction of sp³-hybridized carbons (Fsp3) is 0.375. The third kappa shape index (κ3) is 4.69. The Kier molecular flexibility index (Phi) is 6.62. The van der Waals surface area contributed by atoms with Gasteiger partial charge in [0.25, 0.3) is 0 Å². The van der Waals surface area contributed by atoms with Crippen LogP contribution in [0.4, 0.5) is 5.82 Å². The van der Waals surface area contributed by atoms with Crippen LogP contribution in [-0.4, -0.2) is 61.4 Å². The SMILES string of the molecule is CCOC(=O)c1nc2ccccc2nc1N1CCN(S(=O)(=O)c2ccc(C(C)C)cc2)CC1. The Labute approximate surface area is 194 Å². The van der Waals surface area contributed by atoms with E-state index in [1.807, 2.05) is 35.2 Å². The third-order valence-corrected chi connectivity index (χ3v) is 7.66. The first-order valence-electron chi connectivity index (χ1n) is 11.1. The Balaban J connectivity index is 1.57. The van der Waals surface area contributed by atoms with Crippen LogP contribution in [0, 0.1) is 0 Å². The van der Waals surface area contributed by atoms with Gasteiger partial charge in [-0.1, -0.05) is 38.1 Å². The van der Waals surface area contributed by atoms with E-state index in [4.69, 9.17) is 4.74 Å². The van der Waals surface area contributed by atoms with Crippen LogP contribution in [0.3, 0.4) is 0 Å². The lowest BCUT2D eigenvalue weighted by atomic mass is 10.0. The van der Waals surface area contributed by atoms with Gasteiger partial charge in [0, 0.05) is 26.2 Å². The van der Waals surface area contributed by atoms with Crippen molar-refractivity contribution in [2.75, 3.05) is 37.7 Å². The summed E-state index contributed by atoms with van der Waals surface area (Å²) in [6.45, 7) is 7.46. The van der Waals surface area contributed by atoms with Crippen molar-refractivity contribution in [1.29, 1.82) is 0 Å². The zero-order valence-corrected chi connectivity index (χ0v) is 19.9. The molecule has 0 saturated carbocycles. The lowest BCUT2D eigenvalue weighted by Gasteiger charge is -2.35. The standard InChI is InChI=1S/C24H28N4O4S/c1-4-32-24(29)22-23(26-21-8-6-5-7-20(21)25-22)27-13-15-28(16-14-27)33(30,31)19-11-9-18(10-12-19)17(2)3/h5-12,17H,4,13-16H2,1-3H3. The fourth-order valence-corrected chi connectivity index (χ4v) is 5.28. The molecule has 2 heterocycles. The number of fused-ring (bicyclic) bond motifs is 1. The first-order valence-corrected chi connectivity index (χ1v) is 12.5. The number of ether oxygens (including phenoxy) is 1. The molecule has 1 aliphatic heterocycles. The lowest BCUT2D eigenvalue weighted by Crippen LogP contribution is -2.49. The number of anilines is 1. The van der Waals surface area contributed by atoms with Crippen molar-refractivity contribution in [2.45, 2.75) is 31.6 Å². The highest BCUT2D eigenvalue weighted by Crippen LogP contribution is 2.25. The molecule has 9 heteroatoms. The van der Waals surface area contributed by atoms with E-state index in [1.54, 1.807) is 25.1 Å². The molecule has 1 aliphatic rings. The number of carbonyl (C=O) groups excluding carboxylic acids is 1. The van der Waals surface area contributed by atoms with E-state index in [2.05, 4.69) is 23.8 Å². The van der Waals surface area contributed by atoms with Crippen LogP contribution in [0.15, 0.2) is 53.4 Å². The van der Waals surface area contributed by atoms with E-state index < -0.39 is 16.0 Å². The maximum absolute atomic E-state index is 13.2. The van der Waals surface area contributed by atoms with Gasteiger partial charge < -0.3 is 9.64 Å². The summed E-state index contributed by atoms with van der Waals surface area (Å²) in [5, 5.41) is 0. The molecule has 33 heavy (non-hydrogen) atoms. The number of hydrogen-bond donors (Lipinski definition) is 0. The molecule has 1 aromatic heterocycles. The number of para-hydroxylation sites is 2. The lowest BCUT2D eigenvalue weighted by molar-refractivity contribution is 0.0520. The quantitative estimate of drug-likeness (QED) is 0.512. The van der Waals surface area contributed by atoms with Crippen LogP contribution >= 0.6 is 0 Å². The van der Waals surface area contributed by atoms with Crippen LogP contribution in [0.25, 0.3) is 11.0 Å².